The molecule has 1 heterocycles. The first kappa shape index (κ1) is 12.7. The van der Waals surface area contributed by atoms with Crippen LogP contribution in [-0.2, 0) is 13.1 Å². The molecule has 1 aromatic carbocycles. The number of nitro groups is 1. The van der Waals surface area contributed by atoms with E-state index in [0.29, 0.717) is 18.7 Å². The van der Waals surface area contributed by atoms with Crippen molar-refractivity contribution in [2.45, 2.75) is 20.0 Å². The normalized spacial score (nSPS) is 10.5. The molecule has 0 saturated heterocycles. The van der Waals surface area contributed by atoms with Gasteiger partial charge in [0.05, 0.1) is 16.1 Å². The van der Waals surface area contributed by atoms with Crippen molar-refractivity contribution in [3.8, 4) is 0 Å². The molecule has 0 fully saturated rings. The second-order valence-corrected chi connectivity index (χ2v) is 4.62. The first-order valence-electron chi connectivity index (χ1n) is 5.49. The maximum absolute atomic E-state index is 10.8. The molecule has 0 bridgehead atoms. The van der Waals surface area contributed by atoms with Gasteiger partial charge < -0.3 is 5.32 Å². The minimum absolute atomic E-state index is 0.169. The number of aromatic nitrogens is 1. The first-order chi connectivity index (χ1) is 8.68. The van der Waals surface area contributed by atoms with Crippen molar-refractivity contribution in [2.24, 2.45) is 0 Å². The minimum Gasteiger partial charge on any atom is -0.307 e. The van der Waals surface area contributed by atoms with Crippen molar-refractivity contribution in [1.29, 1.82) is 0 Å². The van der Waals surface area contributed by atoms with Crippen LogP contribution in [0.1, 0.15) is 16.8 Å². The summed E-state index contributed by atoms with van der Waals surface area (Å²) < 4.78 is 0. The zero-order valence-electron chi connectivity index (χ0n) is 9.92. The molecule has 1 N–H and O–H groups in total. The van der Waals surface area contributed by atoms with Crippen LogP contribution in [-0.4, -0.2) is 9.91 Å². The molecule has 1 aromatic heterocycles. The quantitative estimate of drug-likeness (QED) is 0.665. The molecule has 0 amide bonds. The van der Waals surface area contributed by atoms with E-state index in [4.69, 9.17) is 0 Å². The fourth-order valence-electron chi connectivity index (χ4n) is 1.71. The van der Waals surface area contributed by atoms with Crippen LogP contribution in [0.15, 0.2) is 29.1 Å². The van der Waals surface area contributed by atoms with E-state index in [1.54, 1.807) is 29.8 Å². The lowest BCUT2D eigenvalue weighted by atomic mass is 10.1. The van der Waals surface area contributed by atoms with Crippen LogP contribution in [0, 0.1) is 17.0 Å². The van der Waals surface area contributed by atoms with Gasteiger partial charge in [-0.3, -0.25) is 10.1 Å². The summed E-state index contributed by atoms with van der Waals surface area (Å²) in [5.74, 6) is 0. The highest BCUT2D eigenvalue weighted by Gasteiger charge is 2.12. The summed E-state index contributed by atoms with van der Waals surface area (Å²) in [6.45, 7) is 3.05. The Hall–Kier alpha value is -1.79. The predicted molar refractivity (Wildman–Crippen MR) is 70.5 cm³/mol. The molecule has 2 aromatic rings. The van der Waals surface area contributed by atoms with Crippen LogP contribution < -0.4 is 5.32 Å². The summed E-state index contributed by atoms with van der Waals surface area (Å²) >= 11 is 1.55. The standard InChI is InChI=1S/C12H13N3O2S/c1-9-10(3-2-4-12(9)15(16)17)5-13-6-11-7-18-8-14-11/h2-4,7-8,13H,5-6H2,1H3. The number of nitrogens with one attached hydrogen (secondary N) is 1. The van der Waals surface area contributed by atoms with Crippen LogP contribution in [0.5, 0.6) is 0 Å². The molecule has 0 aliphatic heterocycles. The number of hydrogen-bond donors (Lipinski definition) is 1. The Bertz CT molecular complexity index is 540. The lowest BCUT2D eigenvalue weighted by molar-refractivity contribution is -0.385. The van der Waals surface area contributed by atoms with Gasteiger partial charge in [0.1, 0.15) is 0 Å². The Morgan fingerprint density at radius 1 is 1.44 bits per heavy atom. The zero-order chi connectivity index (χ0) is 13.0. The lowest BCUT2D eigenvalue weighted by Crippen LogP contribution is -2.14. The molecule has 0 atom stereocenters. The highest BCUT2D eigenvalue weighted by molar-refractivity contribution is 7.07. The monoisotopic (exact) mass is 263 g/mol. The number of rotatable bonds is 5. The van der Waals surface area contributed by atoms with Crippen LogP contribution in [0.3, 0.4) is 0 Å². The van der Waals surface area contributed by atoms with Crippen LogP contribution in [0.2, 0.25) is 0 Å². The molecule has 0 radical (unpaired) electrons. The second-order valence-electron chi connectivity index (χ2n) is 3.90. The Morgan fingerprint density at radius 3 is 2.94 bits per heavy atom. The third-order valence-electron chi connectivity index (χ3n) is 2.72. The van der Waals surface area contributed by atoms with Gasteiger partial charge in [0.15, 0.2) is 0 Å². The van der Waals surface area contributed by atoms with Crippen molar-refractivity contribution in [2.75, 3.05) is 0 Å². The fourth-order valence-corrected chi connectivity index (χ4v) is 2.27. The number of nitro benzene ring substituents is 1. The van der Waals surface area contributed by atoms with Gasteiger partial charge in [-0.2, -0.15) is 0 Å². The topological polar surface area (TPSA) is 68.1 Å². The Labute approximate surface area is 109 Å². The van der Waals surface area contributed by atoms with Crippen molar-refractivity contribution in [3.05, 3.63) is 56.0 Å². The Kier molecular flexibility index (Phi) is 4.01. The molecule has 0 spiro atoms. The lowest BCUT2D eigenvalue weighted by Gasteiger charge is -2.07. The first-order valence-corrected chi connectivity index (χ1v) is 6.43. The molecule has 6 heteroatoms. The smallest absolute Gasteiger partial charge is 0.272 e. The summed E-state index contributed by atoms with van der Waals surface area (Å²) in [5, 5.41) is 16.0. The molecule has 5 nitrogen and oxygen atoms in total. The van der Waals surface area contributed by atoms with E-state index in [2.05, 4.69) is 10.3 Å². The van der Waals surface area contributed by atoms with Crippen LogP contribution >= 0.6 is 11.3 Å². The molecule has 0 unspecified atom stereocenters. The van der Waals surface area contributed by atoms with Gasteiger partial charge in [-0.1, -0.05) is 12.1 Å². The molecular formula is C12H13N3O2S. The summed E-state index contributed by atoms with van der Waals surface area (Å²) in [6, 6.07) is 5.14. The third kappa shape index (κ3) is 2.91. The van der Waals surface area contributed by atoms with Crippen LogP contribution in [0.25, 0.3) is 0 Å². The van der Waals surface area contributed by atoms with Gasteiger partial charge in [-0.05, 0) is 12.5 Å². The van der Waals surface area contributed by atoms with Gasteiger partial charge in [-0.25, -0.2) is 4.98 Å². The largest absolute Gasteiger partial charge is 0.307 e. The average molecular weight is 263 g/mol. The SMILES string of the molecule is Cc1c(CNCc2cscn2)cccc1[N+](=O)[O-]. The van der Waals surface area contributed by atoms with Gasteiger partial charge in [0.25, 0.3) is 5.69 Å². The van der Waals surface area contributed by atoms with E-state index in [9.17, 15) is 10.1 Å². The summed E-state index contributed by atoms with van der Waals surface area (Å²) in [4.78, 5) is 14.6. The molecule has 0 aliphatic rings. The van der Waals surface area contributed by atoms with E-state index in [1.807, 2.05) is 11.4 Å². The van der Waals surface area contributed by atoms with E-state index >= 15 is 0 Å². The molecule has 94 valence electrons. The van der Waals surface area contributed by atoms with Gasteiger partial charge in [0.2, 0.25) is 0 Å². The Morgan fingerprint density at radius 2 is 2.28 bits per heavy atom. The highest BCUT2D eigenvalue weighted by Crippen LogP contribution is 2.20. The average Bonchev–Trinajstić information content (AvgIpc) is 2.84. The fraction of sp³-hybridized carbons (Fsp3) is 0.250. The minimum atomic E-state index is -0.348. The molecule has 0 aliphatic carbocycles. The van der Waals surface area contributed by atoms with E-state index in [-0.39, 0.29) is 10.6 Å². The van der Waals surface area contributed by atoms with Crippen molar-refractivity contribution < 1.29 is 4.92 Å². The summed E-state index contributed by atoms with van der Waals surface area (Å²) in [7, 11) is 0. The maximum atomic E-state index is 10.8. The second kappa shape index (κ2) is 5.70. The van der Waals surface area contributed by atoms with E-state index in [0.717, 1.165) is 11.3 Å². The number of hydrogen-bond acceptors (Lipinski definition) is 5. The maximum Gasteiger partial charge on any atom is 0.272 e. The zero-order valence-corrected chi connectivity index (χ0v) is 10.7. The number of thiazole rings is 1. The van der Waals surface area contributed by atoms with E-state index in [1.165, 1.54) is 6.07 Å². The van der Waals surface area contributed by atoms with Gasteiger partial charge in [0, 0.05) is 30.1 Å². The van der Waals surface area contributed by atoms with Gasteiger partial charge in [-0.15, -0.1) is 11.3 Å². The summed E-state index contributed by atoms with van der Waals surface area (Å²) in [6.07, 6.45) is 0. The Balaban J connectivity index is 2.01. The third-order valence-corrected chi connectivity index (χ3v) is 3.35. The molecule has 18 heavy (non-hydrogen) atoms. The van der Waals surface area contributed by atoms with E-state index < -0.39 is 0 Å². The van der Waals surface area contributed by atoms with Crippen molar-refractivity contribution in [3.63, 3.8) is 0 Å². The number of benzene rings is 1. The van der Waals surface area contributed by atoms with Crippen molar-refractivity contribution >= 4 is 17.0 Å². The number of nitrogens with zero attached hydrogens (tertiary/aromatic N) is 2. The van der Waals surface area contributed by atoms with Crippen LogP contribution in [0.4, 0.5) is 5.69 Å². The molecule has 0 saturated carbocycles. The molecule has 2 rings (SSSR count). The summed E-state index contributed by atoms with van der Waals surface area (Å²) in [5.41, 5.74) is 4.61. The van der Waals surface area contributed by atoms with Gasteiger partial charge >= 0.3 is 0 Å². The molecular weight excluding hydrogens is 250 g/mol. The van der Waals surface area contributed by atoms with Crippen molar-refractivity contribution in [1.82, 2.24) is 10.3 Å². The highest BCUT2D eigenvalue weighted by atomic mass is 32.1. The predicted octanol–water partition coefficient (Wildman–Crippen LogP) is 2.65.